The van der Waals surface area contributed by atoms with Gasteiger partial charge in [0.05, 0.1) is 0 Å². The van der Waals surface area contributed by atoms with Crippen molar-refractivity contribution in [3.05, 3.63) is 0 Å². The first-order chi connectivity index (χ1) is 6.37. The van der Waals surface area contributed by atoms with Gasteiger partial charge in [-0.1, -0.05) is 6.92 Å². The zero-order valence-electron chi connectivity index (χ0n) is 7.60. The predicted octanol–water partition coefficient (Wildman–Crippen LogP) is 1.69. The van der Waals surface area contributed by atoms with Crippen LogP contribution in [0.15, 0.2) is 0 Å². The van der Waals surface area contributed by atoms with Gasteiger partial charge in [-0.25, -0.2) is 0 Å². The van der Waals surface area contributed by atoms with E-state index in [4.69, 9.17) is 5.11 Å². The van der Waals surface area contributed by atoms with Crippen molar-refractivity contribution in [3.8, 4) is 0 Å². The maximum atomic E-state index is 11.6. The van der Waals surface area contributed by atoms with Gasteiger partial charge in [0.15, 0.2) is 0 Å². The summed E-state index contributed by atoms with van der Waals surface area (Å²) in [5.41, 5.74) is -4.24. The monoisotopic (exact) mass is 231 g/mol. The second-order valence-corrected chi connectivity index (χ2v) is 3.71. The van der Waals surface area contributed by atoms with E-state index in [9.17, 15) is 18.0 Å². The molecule has 0 bridgehead atoms. The second kappa shape index (κ2) is 6.13. The molecule has 1 atom stereocenters. The van der Waals surface area contributed by atoms with Crippen molar-refractivity contribution in [2.45, 2.75) is 24.9 Å². The molecule has 0 aliphatic heterocycles. The number of thioether (sulfide) groups is 1. The number of hydrogen-bond donors (Lipinski definition) is 2. The van der Waals surface area contributed by atoms with Gasteiger partial charge in [0.1, 0.15) is 6.04 Å². The molecule has 14 heavy (non-hydrogen) atoms. The van der Waals surface area contributed by atoms with Crippen molar-refractivity contribution < 1.29 is 23.1 Å². The highest BCUT2D eigenvalue weighted by Gasteiger charge is 2.27. The third kappa shape index (κ3) is 7.02. The van der Waals surface area contributed by atoms with Gasteiger partial charge in [-0.2, -0.15) is 13.2 Å². The van der Waals surface area contributed by atoms with E-state index in [1.807, 2.05) is 0 Å². The molecule has 0 saturated heterocycles. The molecular formula is C7H12F3NO2S. The van der Waals surface area contributed by atoms with Gasteiger partial charge >= 0.3 is 11.5 Å². The Hall–Kier alpha value is -0.430. The van der Waals surface area contributed by atoms with E-state index in [1.165, 1.54) is 0 Å². The maximum Gasteiger partial charge on any atom is 0.441 e. The summed E-state index contributed by atoms with van der Waals surface area (Å²) in [5, 5.41) is 11.1. The number of rotatable bonds is 6. The minimum atomic E-state index is -4.24. The normalized spacial score (nSPS) is 14.0. The Kier molecular flexibility index (Phi) is 5.94. The predicted molar refractivity (Wildman–Crippen MR) is 48.2 cm³/mol. The van der Waals surface area contributed by atoms with Crippen LogP contribution in [0.2, 0.25) is 0 Å². The maximum absolute atomic E-state index is 11.6. The molecule has 7 heteroatoms. The summed E-state index contributed by atoms with van der Waals surface area (Å²) >= 11 is -0.158. The number of nitrogens with one attached hydrogen (secondary N) is 1. The largest absolute Gasteiger partial charge is 0.480 e. The molecule has 0 spiro atoms. The summed E-state index contributed by atoms with van der Waals surface area (Å²) in [6.45, 7) is 1.69. The molecule has 0 saturated carbocycles. The van der Waals surface area contributed by atoms with Gasteiger partial charge in [-0.3, -0.25) is 4.79 Å². The van der Waals surface area contributed by atoms with E-state index in [1.54, 1.807) is 6.92 Å². The van der Waals surface area contributed by atoms with Crippen LogP contribution in [0.1, 0.15) is 13.3 Å². The van der Waals surface area contributed by atoms with Gasteiger partial charge in [-0.15, -0.1) is 0 Å². The van der Waals surface area contributed by atoms with Crippen LogP contribution in [0.25, 0.3) is 0 Å². The van der Waals surface area contributed by atoms with E-state index >= 15 is 0 Å². The minimum absolute atomic E-state index is 0.0367. The molecule has 0 amide bonds. The SMILES string of the molecule is CCC(NCCSC(F)(F)F)C(=O)O. The van der Waals surface area contributed by atoms with Crippen LogP contribution in [0.4, 0.5) is 13.2 Å². The third-order valence-electron chi connectivity index (χ3n) is 1.46. The summed E-state index contributed by atoms with van der Waals surface area (Å²) in [5.74, 6) is -1.21. The molecule has 0 aliphatic rings. The zero-order valence-corrected chi connectivity index (χ0v) is 8.41. The fourth-order valence-electron chi connectivity index (χ4n) is 0.806. The Labute approximate surface area is 84.1 Å². The summed E-state index contributed by atoms with van der Waals surface area (Å²) in [4.78, 5) is 10.4. The van der Waals surface area contributed by atoms with Crippen LogP contribution >= 0.6 is 11.8 Å². The highest BCUT2D eigenvalue weighted by atomic mass is 32.2. The van der Waals surface area contributed by atoms with Crippen LogP contribution < -0.4 is 5.32 Å². The molecule has 0 aliphatic carbocycles. The van der Waals surface area contributed by atoms with Gasteiger partial charge < -0.3 is 10.4 Å². The molecule has 1 unspecified atom stereocenters. The number of alkyl halides is 3. The summed E-state index contributed by atoms with van der Waals surface area (Å²) < 4.78 is 34.9. The third-order valence-corrected chi connectivity index (χ3v) is 2.20. The first-order valence-corrected chi connectivity index (χ1v) is 5.02. The molecule has 0 heterocycles. The number of halogens is 3. The average Bonchev–Trinajstić information content (AvgIpc) is 2.01. The van der Waals surface area contributed by atoms with Crippen molar-refractivity contribution >= 4 is 17.7 Å². The lowest BCUT2D eigenvalue weighted by Gasteiger charge is -2.12. The smallest absolute Gasteiger partial charge is 0.441 e. The molecule has 84 valence electrons. The summed E-state index contributed by atoms with van der Waals surface area (Å²) in [7, 11) is 0. The first-order valence-electron chi connectivity index (χ1n) is 4.03. The van der Waals surface area contributed by atoms with Crippen LogP contribution in [-0.4, -0.2) is 34.9 Å². The average molecular weight is 231 g/mol. The van der Waals surface area contributed by atoms with Crippen LogP contribution in [0.3, 0.4) is 0 Å². The van der Waals surface area contributed by atoms with Crippen LogP contribution in [-0.2, 0) is 4.79 Å². The lowest BCUT2D eigenvalue weighted by Crippen LogP contribution is -2.37. The highest BCUT2D eigenvalue weighted by molar-refractivity contribution is 8.00. The van der Waals surface area contributed by atoms with Crippen molar-refractivity contribution in [1.82, 2.24) is 5.32 Å². The Morgan fingerprint density at radius 2 is 2.14 bits per heavy atom. The van der Waals surface area contributed by atoms with Gasteiger partial charge in [0.2, 0.25) is 0 Å². The zero-order chi connectivity index (χ0) is 11.2. The number of aliphatic carboxylic acids is 1. The Morgan fingerprint density at radius 1 is 1.57 bits per heavy atom. The quantitative estimate of drug-likeness (QED) is 0.683. The number of carbonyl (C=O) groups is 1. The molecule has 0 radical (unpaired) electrons. The fraction of sp³-hybridized carbons (Fsp3) is 0.857. The van der Waals surface area contributed by atoms with E-state index in [0.29, 0.717) is 6.42 Å². The van der Waals surface area contributed by atoms with Crippen molar-refractivity contribution in [3.63, 3.8) is 0 Å². The van der Waals surface area contributed by atoms with Gasteiger partial charge in [-0.05, 0) is 18.2 Å². The van der Waals surface area contributed by atoms with E-state index in [0.717, 1.165) is 0 Å². The number of hydrogen-bond acceptors (Lipinski definition) is 3. The van der Waals surface area contributed by atoms with Gasteiger partial charge in [0.25, 0.3) is 0 Å². The van der Waals surface area contributed by atoms with Crippen LogP contribution in [0.5, 0.6) is 0 Å². The summed E-state index contributed by atoms with van der Waals surface area (Å²) in [6, 6.07) is -0.760. The Balaban J connectivity index is 3.58. The molecule has 0 aromatic heterocycles. The van der Waals surface area contributed by atoms with E-state index < -0.39 is 17.5 Å². The molecule has 0 aromatic rings. The van der Waals surface area contributed by atoms with E-state index in [2.05, 4.69) is 5.32 Å². The molecule has 3 nitrogen and oxygen atoms in total. The first kappa shape index (κ1) is 13.6. The molecule has 0 aromatic carbocycles. The Morgan fingerprint density at radius 3 is 2.50 bits per heavy atom. The Bertz CT molecular complexity index is 186. The van der Waals surface area contributed by atoms with Crippen molar-refractivity contribution in [1.29, 1.82) is 0 Å². The molecular weight excluding hydrogens is 219 g/mol. The van der Waals surface area contributed by atoms with E-state index in [-0.39, 0.29) is 24.1 Å². The molecule has 0 rings (SSSR count). The fourth-order valence-corrected chi connectivity index (χ4v) is 1.26. The second-order valence-electron chi connectivity index (χ2n) is 2.55. The molecule has 2 N–H and O–H groups in total. The van der Waals surface area contributed by atoms with Crippen molar-refractivity contribution in [2.24, 2.45) is 0 Å². The minimum Gasteiger partial charge on any atom is -0.480 e. The highest BCUT2D eigenvalue weighted by Crippen LogP contribution is 2.29. The van der Waals surface area contributed by atoms with Crippen LogP contribution in [0, 0.1) is 0 Å². The molecule has 0 fully saturated rings. The standard InChI is InChI=1S/C7H12F3NO2S/c1-2-5(6(12)13)11-3-4-14-7(8,9)10/h5,11H,2-4H2,1H3,(H,12,13). The lowest BCUT2D eigenvalue weighted by molar-refractivity contribution is -0.139. The van der Waals surface area contributed by atoms with Gasteiger partial charge in [0, 0.05) is 12.3 Å². The van der Waals surface area contributed by atoms with Crippen molar-refractivity contribution in [2.75, 3.05) is 12.3 Å². The topological polar surface area (TPSA) is 49.3 Å². The lowest BCUT2D eigenvalue weighted by atomic mass is 10.2. The number of carboxylic acids is 1. The summed E-state index contributed by atoms with van der Waals surface area (Å²) in [6.07, 6.45) is 0.353. The number of carboxylic acid groups (broad SMARTS) is 1.